The molecule has 0 aliphatic carbocycles. The van der Waals surface area contributed by atoms with E-state index in [0.717, 1.165) is 18.5 Å². The van der Waals surface area contributed by atoms with Gasteiger partial charge in [-0.05, 0) is 18.2 Å². The number of piperidine rings is 1. The Morgan fingerprint density at radius 2 is 2.00 bits per heavy atom. The summed E-state index contributed by atoms with van der Waals surface area (Å²) in [4.78, 5) is 23.1. The fourth-order valence-electron chi connectivity index (χ4n) is 3.04. The maximum atomic E-state index is 10.8. The molecule has 0 aromatic heterocycles. The van der Waals surface area contributed by atoms with Crippen LogP contribution in [-0.2, 0) is 0 Å². The van der Waals surface area contributed by atoms with Crippen LogP contribution in [0.4, 0.5) is 21.9 Å². The zero-order chi connectivity index (χ0) is 19.4. The van der Waals surface area contributed by atoms with E-state index in [1.807, 2.05) is 0 Å². The predicted molar refractivity (Wildman–Crippen MR) is 102 cm³/mol. The van der Waals surface area contributed by atoms with Crippen molar-refractivity contribution in [3.8, 4) is 5.75 Å². The molecular formula is C18H18ClN3O5. The first kappa shape index (κ1) is 18.8. The van der Waals surface area contributed by atoms with Gasteiger partial charge in [0.25, 0.3) is 5.69 Å². The third-order valence-corrected chi connectivity index (χ3v) is 4.62. The molecule has 1 fully saturated rings. The van der Waals surface area contributed by atoms with Crippen molar-refractivity contribution in [2.45, 2.75) is 18.9 Å². The van der Waals surface area contributed by atoms with Gasteiger partial charge in [-0.1, -0.05) is 17.7 Å². The normalized spacial score (nSPS) is 14.6. The van der Waals surface area contributed by atoms with E-state index in [2.05, 4.69) is 10.2 Å². The lowest BCUT2D eigenvalue weighted by atomic mass is 10.1. The van der Waals surface area contributed by atoms with Gasteiger partial charge < -0.3 is 14.7 Å². The lowest BCUT2D eigenvalue weighted by Gasteiger charge is -2.34. The summed E-state index contributed by atoms with van der Waals surface area (Å²) in [6, 6.07) is 11.3. The second kappa shape index (κ2) is 8.13. The summed E-state index contributed by atoms with van der Waals surface area (Å²) < 4.78 is 5.96. The van der Waals surface area contributed by atoms with E-state index in [-0.39, 0.29) is 11.8 Å². The maximum absolute atomic E-state index is 10.8. The zero-order valence-corrected chi connectivity index (χ0v) is 15.1. The summed E-state index contributed by atoms with van der Waals surface area (Å²) in [5, 5.41) is 22.3. The van der Waals surface area contributed by atoms with Crippen LogP contribution in [0.1, 0.15) is 12.8 Å². The number of nitro groups is 1. The quantitative estimate of drug-likeness (QED) is 0.578. The summed E-state index contributed by atoms with van der Waals surface area (Å²) in [7, 11) is 0. The number of rotatable bonds is 5. The van der Waals surface area contributed by atoms with E-state index in [4.69, 9.17) is 21.4 Å². The van der Waals surface area contributed by atoms with Gasteiger partial charge in [-0.15, -0.1) is 0 Å². The van der Waals surface area contributed by atoms with Crippen LogP contribution in [-0.4, -0.2) is 35.3 Å². The number of halogens is 1. The summed E-state index contributed by atoms with van der Waals surface area (Å²) in [5.41, 5.74) is 1.19. The Morgan fingerprint density at radius 1 is 1.26 bits per heavy atom. The number of hydrogen-bond acceptors (Lipinski definition) is 5. The average Bonchev–Trinajstić information content (AvgIpc) is 2.62. The van der Waals surface area contributed by atoms with Gasteiger partial charge in [-0.2, -0.15) is 0 Å². The number of nitrogens with zero attached hydrogens (tertiary/aromatic N) is 2. The van der Waals surface area contributed by atoms with Gasteiger partial charge in [0.2, 0.25) is 0 Å². The number of carboxylic acid groups (broad SMARTS) is 1. The van der Waals surface area contributed by atoms with Crippen LogP contribution in [0.15, 0.2) is 42.5 Å². The Morgan fingerprint density at radius 3 is 2.63 bits per heavy atom. The molecule has 9 heteroatoms. The SMILES string of the molecule is O=C(O)Nc1cccc(OC2CCN(c3ccc([N+](=O)[O-])cc3Cl)CC2)c1. The van der Waals surface area contributed by atoms with Crippen molar-refractivity contribution in [3.05, 3.63) is 57.6 Å². The van der Waals surface area contributed by atoms with Crippen LogP contribution >= 0.6 is 11.6 Å². The van der Waals surface area contributed by atoms with E-state index in [1.165, 1.54) is 12.1 Å². The Bertz CT molecular complexity index is 853. The number of nitrogens with one attached hydrogen (secondary N) is 1. The van der Waals surface area contributed by atoms with E-state index in [0.29, 0.717) is 29.5 Å². The molecule has 27 heavy (non-hydrogen) atoms. The van der Waals surface area contributed by atoms with Crippen LogP contribution in [0.3, 0.4) is 0 Å². The first-order chi connectivity index (χ1) is 12.9. The number of non-ortho nitro benzene ring substituents is 1. The lowest BCUT2D eigenvalue weighted by molar-refractivity contribution is -0.384. The molecule has 0 atom stereocenters. The molecule has 1 heterocycles. The molecule has 0 spiro atoms. The van der Waals surface area contributed by atoms with Crippen LogP contribution in [0.2, 0.25) is 5.02 Å². The van der Waals surface area contributed by atoms with Gasteiger partial charge in [0.05, 0.1) is 15.6 Å². The van der Waals surface area contributed by atoms with Crippen molar-refractivity contribution in [3.63, 3.8) is 0 Å². The summed E-state index contributed by atoms with van der Waals surface area (Å²) in [5.74, 6) is 0.605. The molecule has 3 rings (SSSR count). The van der Waals surface area contributed by atoms with Crippen LogP contribution in [0.5, 0.6) is 5.75 Å². The molecule has 0 radical (unpaired) electrons. The van der Waals surface area contributed by atoms with Gasteiger partial charge in [0, 0.05) is 49.8 Å². The molecule has 8 nitrogen and oxygen atoms in total. The number of nitro benzene ring substituents is 1. The van der Waals surface area contributed by atoms with Crippen LogP contribution in [0, 0.1) is 10.1 Å². The van der Waals surface area contributed by atoms with Crippen molar-refractivity contribution in [1.29, 1.82) is 0 Å². The smallest absolute Gasteiger partial charge is 0.409 e. The fourth-order valence-corrected chi connectivity index (χ4v) is 3.34. The number of benzene rings is 2. The van der Waals surface area contributed by atoms with Crippen molar-refractivity contribution < 1.29 is 19.6 Å². The Balaban J connectivity index is 1.59. The Kier molecular flexibility index (Phi) is 5.66. The summed E-state index contributed by atoms with van der Waals surface area (Å²) in [6.07, 6.45) is 0.381. The van der Waals surface area contributed by atoms with Gasteiger partial charge in [0.1, 0.15) is 11.9 Å². The minimum absolute atomic E-state index is 0.00171. The minimum atomic E-state index is -1.12. The van der Waals surface area contributed by atoms with Crippen molar-refractivity contribution >= 4 is 34.8 Å². The maximum Gasteiger partial charge on any atom is 0.409 e. The molecule has 1 saturated heterocycles. The number of carbonyl (C=O) groups is 1. The first-order valence-corrected chi connectivity index (χ1v) is 8.76. The molecule has 2 aromatic rings. The number of amides is 1. The van der Waals surface area contributed by atoms with Crippen molar-refractivity contribution in [2.75, 3.05) is 23.3 Å². The molecule has 0 bridgehead atoms. The molecule has 0 saturated carbocycles. The van der Waals surface area contributed by atoms with Crippen LogP contribution in [0.25, 0.3) is 0 Å². The monoisotopic (exact) mass is 391 g/mol. The van der Waals surface area contributed by atoms with E-state index >= 15 is 0 Å². The third-order valence-electron chi connectivity index (χ3n) is 4.31. The summed E-state index contributed by atoms with van der Waals surface area (Å²) in [6.45, 7) is 1.41. The molecule has 0 unspecified atom stereocenters. The van der Waals surface area contributed by atoms with Crippen molar-refractivity contribution in [2.24, 2.45) is 0 Å². The molecule has 1 amide bonds. The molecule has 2 N–H and O–H groups in total. The minimum Gasteiger partial charge on any atom is -0.490 e. The van der Waals surface area contributed by atoms with E-state index in [1.54, 1.807) is 30.3 Å². The highest BCUT2D eigenvalue weighted by atomic mass is 35.5. The van der Waals surface area contributed by atoms with Gasteiger partial charge >= 0.3 is 6.09 Å². The highest BCUT2D eigenvalue weighted by molar-refractivity contribution is 6.33. The molecular weight excluding hydrogens is 374 g/mol. The average molecular weight is 392 g/mol. The number of anilines is 2. The second-order valence-electron chi connectivity index (χ2n) is 6.16. The highest BCUT2D eigenvalue weighted by Crippen LogP contribution is 2.32. The largest absolute Gasteiger partial charge is 0.490 e. The molecule has 1 aliphatic rings. The summed E-state index contributed by atoms with van der Waals surface area (Å²) >= 11 is 6.20. The topological polar surface area (TPSA) is 105 Å². The van der Waals surface area contributed by atoms with Gasteiger partial charge in [0.15, 0.2) is 0 Å². The zero-order valence-electron chi connectivity index (χ0n) is 14.3. The Labute approximate surface area is 160 Å². The molecule has 142 valence electrons. The van der Waals surface area contributed by atoms with E-state index in [9.17, 15) is 14.9 Å². The molecule has 1 aliphatic heterocycles. The van der Waals surface area contributed by atoms with Gasteiger partial charge in [-0.25, -0.2) is 4.79 Å². The standard InChI is InChI=1S/C18H18ClN3O5/c19-16-11-13(22(25)26)4-5-17(16)21-8-6-14(7-9-21)27-15-3-1-2-12(10-15)20-18(23)24/h1-5,10-11,14,20H,6-9H2,(H,23,24). The number of hydrogen-bond donors (Lipinski definition) is 2. The Hall–Kier alpha value is -3.00. The van der Waals surface area contributed by atoms with Gasteiger partial charge in [-0.3, -0.25) is 15.4 Å². The second-order valence-corrected chi connectivity index (χ2v) is 6.56. The molecule has 2 aromatic carbocycles. The third kappa shape index (κ3) is 4.79. The lowest BCUT2D eigenvalue weighted by Crippen LogP contribution is -2.38. The highest BCUT2D eigenvalue weighted by Gasteiger charge is 2.23. The van der Waals surface area contributed by atoms with Crippen LogP contribution < -0.4 is 15.0 Å². The first-order valence-electron chi connectivity index (χ1n) is 8.38. The fraction of sp³-hybridized carbons (Fsp3) is 0.278. The number of ether oxygens (including phenoxy) is 1. The van der Waals surface area contributed by atoms with Crippen molar-refractivity contribution in [1.82, 2.24) is 0 Å². The van der Waals surface area contributed by atoms with E-state index < -0.39 is 11.0 Å². The predicted octanol–water partition coefficient (Wildman–Crippen LogP) is 4.39.